The lowest BCUT2D eigenvalue weighted by Crippen LogP contribution is -2.02. The van der Waals surface area contributed by atoms with Gasteiger partial charge in [0, 0.05) is 18.6 Å². The van der Waals surface area contributed by atoms with Crippen LogP contribution in [0.2, 0.25) is 0 Å². The second kappa shape index (κ2) is 3.45. The SMILES string of the molecule is OCCOc1cccn2ccnc12. The number of aliphatic hydroxyl groups excluding tert-OH is 1. The first-order valence-corrected chi connectivity index (χ1v) is 4.07. The van der Waals surface area contributed by atoms with Crippen molar-refractivity contribution in [1.29, 1.82) is 0 Å². The van der Waals surface area contributed by atoms with Crippen LogP contribution in [0.3, 0.4) is 0 Å². The molecule has 4 heteroatoms. The molecular weight excluding hydrogens is 168 g/mol. The second-order valence-electron chi connectivity index (χ2n) is 2.60. The summed E-state index contributed by atoms with van der Waals surface area (Å²) in [6, 6.07) is 3.71. The van der Waals surface area contributed by atoms with E-state index in [1.807, 2.05) is 28.9 Å². The van der Waals surface area contributed by atoms with Gasteiger partial charge in [0.15, 0.2) is 11.4 Å². The molecule has 0 atom stereocenters. The van der Waals surface area contributed by atoms with E-state index in [-0.39, 0.29) is 6.61 Å². The molecule has 68 valence electrons. The zero-order valence-corrected chi connectivity index (χ0v) is 7.05. The van der Waals surface area contributed by atoms with Crippen LogP contribution in [0.15, 0.2) is 30.7 Å². The number of aliphatic hydroxyl groups is 1. The molecule has 13 heavy (non-hydrogen) atoms. The number of rotatable bonds is 3. The zero-order chi connectivity index (χ0) is 9.10. The summed E-state index contributed by atoms with van der Waals surface area (Å²) in [7, 11) is 0. The lowest BCUT2D eigenvalue weighted by atomic mass is 10.4. The third-order valence-corrected chi connectivity index (χ3v) is 1.73. The summed E-state index contributed by atoms with van der Waals surface area (Å²) in [6.07, 6.45) is 5.45. The van der Waals surface area contributed by atoms with Gasteiger partial charge in [-0.2, -0.15) is 0 Å². The van der Waals surface area contributed by atoms with Gasteiger partial charge in [-0.05, 0) is 12.1 Å². The normalized spacial score (nSPS) is 10.5. The highest BCUT2D eigenvalue weighted by atomic mass is 16.5. The summed E-state index contributed by atoms with van der Waals surface area (Å²) in [5, 5.41) is 8.60. The van der Waals surface area contributed by atoms with Crippen molar-refractivity contribution in [1.82, 2.24) is 9.38 Å². The summed E-state index contributed by atoms with van der Waals surface area (Å²) >= 11 is 0. The van der Waals surface area contributed by atoms with Gasteiger partial charge in [0.2, 0.25) is 0 Å². The summed E-state index contributed by atoms with van der Waals surface area (Å²) in [6.45, 7) is 0.314. The van der Waals surface area contributed by atoms with Crippen molar-refractivity contribution in [2.45, 2.75) is 0 Å². The number of imidazole rings is 1. The Balaban J connectivity index is 2.37. The second-order valence-corrected chi connectivity index (χ2v) is 2.60. The number of ether oxygens (including phenoxy) is 1. The monoisotopic (exact) mass is 178 g/mol. The molecule has 4 nitrogen and oxygen atoms in total. The minimum Gasteiger partial charge on any atom is -0.487 e. The maximum atomic E-state index is 8.60. The van der Waals surface area contributed by atoms with Crippen LogP contribution >= 0.6 is 0 Å². The van der Waals surface area contributed by atoms with E-state index in [0.717, 1.165) is 5.65 Å². The van der Waals surface area contributed by atoms with Crippen molar-refractivity contribution in [3.05, 3.63) is 30.7 Å². The summed E-state index contributed by atoms with van der Waals surface area (Å²) in [5.74, 6) is 0.696. The minimum absolute atomic E-state index is 0.0156. The summed E-state index contributed by atoms with van der Waals surface area (Å²) in [4.78, 5) is 4.13. The number of pyridine rings is 1. The fraction of sp³-hybridized carbons (Fsp3) is 0.222. The molecule has 2 aromatic rings. The van der Waals surface area contributed by atoms with E-state index in [1.165, 1.54) is 0 Å². The van der Waals surface area contributed by atoms with Crippen LogP contribution in [0.1, 0.15) is 0 Å². The van der Waals surface area contributed by atoms with E-state index >= 15 is 0 Å². The largest absolute Gasteiger partial charge is 0.487 e. The highest BCUT2D eigenvalue weighted by Gasteiger charge is 2.01. The Bertz CT molecular complexity index is 397. The molecule has 0 radical (unpaired) electrons. The van der Waals surface area contributed by atoms with E-state index in [4.69, 9.17) is 9.84 Å². The molecule has 0 aromatic carbocycles. The molecule has 0 aliphatic carbocycles. The van der Waals surface area contributed by atoms with Crippen molar-refractivity contribution in [3.63, 3.8) is 0 Å². The fourth-order valence-corrected chi connectivity index (χ4v) is 1.19. The number of hydrogen-bond acceptors (Lipinski definition) is 3. The van der Waals surface area contributed by atoms with Crippen LogP contribution < -0.4 is 4.74 Å². The average molecular weight is 178 g/mol. The maximum absolute atomic E-state index is 8.60. The van der Waals surface area contributed by atoms with Crippen molar-refractivity contribution in [2.24, 2.45) is 0 Å². The van der Waals surface area contributed by atoms with Gasteiger partial charge >= 0.3 is 0 Å². The number of fused-ring (bicyclic) bond motifs is 1. The van der Waals surface area contributed by atoms with Crippen LogP contribution in [0.4, 0.5) is 0 Å². The zero-order valence-electron chi connectivity index (χ0n) is 7.05. The van der Waals surface area contributed by atoms with Gasteiger partial charge in [0.05, 0.1) is 6.61 Å². The van der Waals surface area contributed by atoms with Gasteiger partial charge in [0.25, 0.3) is 0 Å². The summed E-state index contributed by atoms with van der Waals surface area (Å²) < 4.78 is 7.16. The van der Waals surface area contributed by atoms with Crippen molar-refractivity contribution in [3.8, 4) is 5.75 Å². The predicted octanol–water partition coefficient (Wildman–Crippen LogP) is 0.705. The Morgan fingerprint density at radius 1 is 1.46 bits per heavy atom. The summed E-state index contributed by atoms with van der Waals surface area (Å²) in [5.41, 5.74) is 0.774. The lowest BCUT2D eigenvalue weighted by molar-refractivity contribution is 0.202. The first-order chi connectivity index (χ1) is 6.42. The van der Waals surface area contributed by atoms with Crippen molar-refractivity contribution in [2.75, 3.05) is 13.2 Å². The molecule has 0 fully saturated rings. The Morgan fingerprint density at radius 3 is 3.23 bits per heavy atom. The highest BCUT2D eigenvalue weighted by Crippen LogP contribution is 2.16. The number of hydrogen-bond donors (Lipinski definition) is 1. The Kier molecular flexibility index (Phi) is 2.14. The van der Waals surface area contributed by atoms with Gasteiger partial charge in [0.1, 0.15) is 6.61 Å². The Labute approximate surface area is 75.4 Å². The van der Waals surface area contributed by atoms with Crippen LogP contribution in [0, 0.1) is 0 Å². The molecular formula is C9H10N2O2. The highest BCUT2D eigenvalue weighted by molar-refractivity contribution is 5.53. The number of nitrogens with zero attached hydrogens (tertiary/aromatic N) is 2. The third-order valence-electron chi connectivity index (χ3n) is 1.73. The molecule has 0 saturated heterocycles. The molecule has 1 N–H and O–H groups in total. The molecule has 2 heterocycles. The van der Waals surface area contributed by atoms with E-state index in [2.05, 4.69) is 4.98 Å². The standard InChI is InChI=1S/C9H10N2O2/c12-6-7-13-8-2-1-4-11-5-3-10-9(8)11/h1-5,12H,6-7H2. The molecule has 0 aliphatic heterocycles. The number of aromatic nitrogens is 2. The van der Waals surface area contributed by atoms with Crippen LogP contribution in [0.25, 0.3) is 5.65 Å². The predicted molar refractivity (Wildman–Crippen MR) is 47.8 cm³/mol. The smallest absolute Gasteiger partial charge is 0.179 e. The molecule has 0 amide bonds. The van der Waals surface area contributed by atoms with Gasteiger partial charge in [-0.3, -0.25) is 0 Å². The van der Waals surface area contributed by atoms with E-state index in [1.54, 1.807) is 6.20 Å². The molecule has 2 rings (SSSR count). The molecule has 0 saturated carbocycles. The first kappa shape index (κ1) is 8.07. The fourth-order valence-electron chi connectivity index (χ4n) is 1.19. The topological polar surface area (TPSA) is 46.8 Å². The molecule has 2 aromatic heterocycles. The third kappa shape index (κ3) is 1.48. The lowest BCUT2D eigenvalue weighted by Gasteiger charge is -2.04. The van der Waals surface area contributed by atoms with Gasteiger partial charge < -0.3 is 14.2 Å². The van der Waals surface area contributed by atoms with Gasteiger partial charge in [-0.15, -0.1) is 0 Å². The van der Waals surface area contributed by atoms with Crippen molar-refractivity contribution < 1.29 is 9.84 Å². The molecule has 0 unspecified atom stereocenters. The van der Waals surface area contributed by atoms with Crippen LogP contribution in [0.5, 0.6) is 5.75 Å². The van der Waals surface area contributed by atoms with Gasteiger partial charge in [-0.25, -0.2) is 4.98 Å². The van der Waals surface area contributed by atoms with Gasteiger partial charge in [-0.1, -0.05) is 0 Å². The van der Waals surface area contributed by atoms with Crippen LogP contribution in [-0.2, 0) is 0 Å². The first-order valence-electron chi connectivity index (χ1n) is 4.07. The van der Waals surface area contributed by atoms with E-state index in [0.29, 0.717) is 12.4 Å². The molecule has 0 aliphatic rings. The Hall–Kier alpha value is -1.55. The quantitative estimate of drug-likeness (QED) is 0.752. The van der Waals surface area contributed by atoms with E-state index < -0.39 is 0 Å². The van der Waals surface area contributed by atoms with Crippen molar-refractivity contribution >= 4 is 5.65 Å². The Morgan fingerprint density at radius 2 is 2.38 bits per heavy atom. The maximum Gasteiger partial charge on any atom is 0.179 e. The molecule has 0 bridgehead atoms. The average Bonchev–Trinajstić information content (AvgIpc) is 2.62. The minimum atomic E-state index is 0.0156. The molecule has 0 spiro atoms. The van der Waals surface area contributed by atoms with Crippen LogP contribution in [-0.4, -0.2) is 27.7 Å². The van der Waals surface area contributed by atoms with E-state index in [9.17, 15) is 0 Å².